The second-order valence-electron chi connectivity index (χ2n) is 5.73. The van der Waals surface area contributed by atoms with E-state index in [1.807, 2.05) is 61.5 Å². The van der Waals surface area contributed by atoms with Gasteiger partial charge in [-0.05, 0) is 42.8 Å². The van der Waals surface area contributed by atoms with E-state index in [-0.39, 0.29) is 0 Å². The summed E-state index contributed by atoms with van der Waals surface area (Å²) < 4.78 is 0. The fraction of sp³-hybridized carbons (Fsp3) is 0.0500. The normalized spacial score (nSPS) is 10.9. The molecule has 1 aromatic heterocycles. The Morgan fingerprint density at radius 3 is 2.04 bits per heavy atom. The second kappa shape index (κ2) is 6.02. The van der Waals surface area contributed by atoms with Crippen molar-refractivity contribution in [1.29, 1.82) is 0 Å². The number of aromatic nitrogens is 1. The third-order valence-corrected chi connectivity index (χ3v) is 4.33. The van der Waals surface area contributed by atoms with Gasteiger partial charge in [0, 0.05) is 15.8 Å². The molecule has 0 spiro atoms. The topological polar surface area (TPSA) is 37.0 Å². The van der Waals surface area contributed by atoms with Crippen LogP contribution >= 0.6 is 11.6 Å². The monoisotopic (exact) mass is 333 g/mol. The van der Waals surface area contributed by atoms with E-state index in [9.17, 15) is 0 Å². The molecule has 0 saturated heterocycles. The Balaban J connectivity index is 1.81. The highest BCUT2D eigenvalue weighted by molar-refractivity contribution is 6.30. The first-order valence-electron chi connectivity index (χ1n) is 7.78. The quantitative estimate of drug-likeness (QED) is 0.368. The molecule has 1 heterocycles. The van der Waals surface area contributed by atoms with E-state index >= 15 is 0 Å². The number of anilines is 2. The zero-order valence-corrected chi connectivity index (χ0v) is 13.9. The highest BCUT2D eigenvalue weighted by atomic mass is 35.5. The molecule has 4 heteroatoms. The largest absolute Gasteiger partial charge is 0.301 e. The maximum absolute atomic E-state index is 6.03. The van der Waals surface area contributed by atoms with Gasteiger partial charge < -0.3 is 5.43 Å². The van der Waals surface area contributed by atoms with Crippen LogP contribution in [-0.2, 0) is 0 Å². The predicted octanol–water partition coefficient (Wildman–Crippen LogP) is 5.79. The lowest BCUT2D eigenvalue weighted by molar-refractivity contribution is 1.37. The SMILES string of the molecule is Cc1cc(Cl)ccc1NNc1c2ccccc2nc2ccccc12. The van der Waals surface area contributed by atoms with Gasteiger partial charge in [0.2, 0.25) is 0 Å². The van der Waals surface area contributed by atoms with Gasteiger partial charge in [-0.15, -0.1) is 0 Å². The van der Waals surface area contributed by atoms with Crippen LogP contribution in [0.15, 0.2) is 66.7 Å². The van der Waals surface area contributed by atoms with E-state index in [2.05, 4.69) is 23.0 Å². The van der Waals surface area contributed by atoms with Crippen molar-refractivity contribution in [3.8, 4) is 0 Å². The van der Waals surface area contributed by atoms with E-state index in [1.54, 1.807) is 0 Å². The van der Waals surface area contributed by atoms with Gasteiger partial charge in [-0.2, -0.15) is 0 Å². The molecule has 0 aliphatic carbocycles. The van der Waals surface area contributed by atoms with Gasteiger partial charge in [-0.3, -0.25) is 5.43 Å². The Kier molecular flexibility index (Phi) is 3.71. The minimum absolute atomic E-state index is 0.734. The molecular weight excluding hydrogens is 318 g/mol. The Bertz CT molecular complexity index is 989. The lowest BCUT2D eigenvalue weighted by atomic mass is 10.1. The average molecular weight is 334 g/mol. The highest BCUT2D eigenvalue weighted by Gasteiger charge is 2.08. The van der Waals surface area contributed by atoms with E-state index in [4.69, 9.17) is 16.6 Å². The van der Waals surface area contributed by atoms with Crippen LogP contribution in [0.3, 0.4) is 0 Å². The first-order valence-corrected chi connectivity index (χ1v) is 8.16. The molecule has 4 rings (SSSR count). The molecule has 3 nitrogen and oxygen atoms in total. The Morgan fingerprint density at radius 2 is 1.42 bits per heavy atom. The molecule has 0 aliphatic heterocycles. The number of halogens is 1. The number of hydrogen-bond acceptors (Lipinski definition) is 3. The summed E-state index contributed by atoms with van der Waals surface area (Å²) in [6.45, 7) is 2.03. The van der Waals surface area contributed by atoms with Crippen LogP contribution in [0, 0.1) is 6.92 Å². The summed E-state index contributed by atoms with van der Waals surface area (Å²) >= 11 is 6.03. The van der Waals surface area contributed by atoms with Gasteiger partial charge in [0.25, 0.3) is 0 Å². The lowest BCUT2D eigenvalue weighted by Gasteiger charge is -2.16. The van der Waals surface area contributed by atoms with Crippen LogP contribution in [-0.4, -0.2) is 4.98 Å². The number of nitrogens with zero attached hydrogens (tertiary/aromatic N) is 1. The first kappa shape index (κ1) is 14.8. The number of hydrogen-bond donors (Lipinski definition) is 2. The molecule has 0 radical (unpaired) electrons. The maximum atomic E-state index is 6.03. The van der Waals surface area contributed by atoms with Gasteiger partial charge >= 0.3 is 0 Å². The van der Waals surface area contributed by atoms with Crippen LogP contribution in [0.2, 0.25) is 5.02 Å². The predicted molar refractivity (Wildman–Crippen MR) is 103 cm³/mol. The molecule has 0 aliphatic rings. The van der Waals surface area contributed by atoms with Crippen LogP contribution in [0.5, 0.6) is 0 Å². The van der Waals surface area contributed by atoms with Crippen molar-refractivity contribution in [1.82, 2.24) is 4.98 Å². The van der Waals surface area contributed by atoms with Crippen molar-refractivity contribution in [2.24, 2.45) is 0 Å². The van der Waals surface area contributed by atoms with Gasteiger partial charge in [-0.1, -0.05) is 48.0 Å². The van der Waals surface area contributed by atoms with E-state index in [0.29, 0.717) is 0 Å². The molecule has 3 aromatic carbocycles. The molecule has 0 bridgehead atoms. The van der Waals surface area contributed by atoms with Crippen molar-refractivity contribution in [3.63, 3.8) is 0 Å². The molecule has 0 fully saturated rings. The summed E-state index contributed by atoms with van der Waals surface area (Å²) in [5.74, 6) is 0. The fourth-order valence-corrected chi connectivity index (χ4v) is 3.10. The first-order chi connectivity index (χ1) is 11.7. The molecule has 0 saturated carbocycles. The molecule has 0 unspecified atom stereocenters. The van der Waals surface area contributed by atoms with E-state index < -0.39 is 0 Å². The fourth-order valence-electron chi connectivity index (χ4n) is 2.87. The Hall–Kier alpha value is -2.78. The summed E-state index contributed by atoms with van der Waals surface area (Å²) in [4.78, 5) is 4.74. The summed E-state index contributed by atoms with van der Waals surface area (Å²) in [6.07, 6.45) is 0. The van der Waals surface area contributed by atoms with Crippen LogP contribution in [0.4, 0.5) is 11.4 Å². The molecule has 0 amide bonds. The lowest BCUT2D eigenvalue weighted by Crippen LogP contribution is -2.10. The van der Waals surface area contributed by atoms with Gasteiger partial charge in [0.05, 0.1) is 22.4 Å². The summed E-state index contributed by atoms with van der Waals surface area (Å²) in [6, 6.07) is 22.1. The number of para-hydroxylation sites is 2. The minimum Gasteiger partial charge on any atom is -0.301 e. The zero-order valence-electron chi connectivity index (χ0n) is 13.2. The molecule has 4 aromatic rings. The minimum atomic E-state index is 0.734. The standard InChI is InChI=1S/C20H16ClN3/c1-13-12-14(21)10-11-17(13)23-24-20-15-6-2-4-8-18(15)22-19-9-5-3-7-16(19)20/h2-12,23H,1H3,(H,22,24). The Morgan fingerprint density at radius 1 is 0.792 bits per heavy atom. The van der Waals surface area contributed by atoms with Crippen molar-refractivity contribution < 1.29 is 0 Å². The summed E-state index contributed by atoms with van der Waals surface area (Å²) in [5.41, 5.74) is 11.7. The Labute approximate surface area is 145 Å². The van der Waals surface area contributed by atoms with Crippen molar-refractivity contribution in [2.75, 3.05) is 10.9 Å². The number of benzene rings is 3. The zero-order chi connectivity index (χ0) is 16.5. The van der Waals surface area contributed by atoms with Gasteiger partial charge in [0.1, 0.15) is 0 Å². The highest BCUT2D eigenvalue weighted by Crippen LogP contribution is 2.31. The van der Waals surface area contributed by atoms with Crippen LogP contribution in [0.25, 0.3) is 21.8 Å². The maximum Gasteiger partial charge on any atom is 0.0731 e. The third kappa shape index (κ3) is 2.63. The molecule has 0 atom stereocenters. The van der Waals surface area contributed by atoms with Crippen molar-refractivity contribution in [2.45, 2.75) is 6.92 Å². The number of pyridine rings is 1. The van der Waals surface area contributed by atoms with Gasteiger partial charge in [-0.25, -0.2) is 4.98 Å². The molecule has 24 heavy (non-hydrogen) atoms. The summed E-state index contributed by atoms with van der Waals surface area (Å²) in [5, 5.41) is 2.89. The average Bonchev–Trinajstić information content (AvgIpc) is 2.60. The molecular formula is C20H16ClN3. The smallest absolute Gasteiger partial charge is 0.0731 e. The number of hydrazine groups is 1. The second-order valence-corrected chi connectivity index (χ2v) is 6.17. The van der Waals surface area contributed by atoms with E-state index in [1.165, 1.54) is 0 Å². The van der Waals surface area contributed by atoms with Crippen molar-refractivity contribution >= 4 is 44.8 Å². The van der Waals surface area contributed by atoms with Gasteiger partial charge in [0.15, 0.2) is 0 Å². The van der Waals surface area contributed by atoms with Crippen LogP contribution in [0.1, 0.15) is 5.56 Å². The van der Waals surface area contributed by atoms with Crippen molar-refractivity contribution in [3.05, 3.63) is 77.3 Å². The third-order valence-electron chi connectivity index (χ3n) is 4.10. The molecule has 2 N–H and O–H groups in total. The number of aryl methyl sites for hydroxylation is 1. The summed E-state index contributed by atoms with van der Waals surface area (Å²) in [7, 11) is 0. The number of rotatable bonds is 3. The van der Waals surface area contributed by atoms with Crippen LogP contribution < -0.4 is 10.9 Å². The number of nitrogens with one attached hydrogen (secondary N) is 2. The molecule has 118 valence electrons. The van der Waals surface area contributed by atoms with E-state index in [0.717, 1.165) is 43.8 Å². The number of fused-ring (bicyclic) bond motifs is 2.